The molecule has 0 spiro atoms. The lowest BCUT2D eigenvalue weighted by molar-refractivity contribution is 0.0696. The lowest BCUT2D eigenvalue weighted by Crippen LogP contribution is -2.13. The van der Waals surface area contributed by atoms with Crippen LogP contribution < -0.4 is 5.32 Å². The number of pyridine rings is 1. The van der Waals surface area contributed by atoms with Crippen LogP contribution in [0.4, 0.5) is 5.69 Å². The summed E-state index contributed by atoms with van der Waals surface area (Å²) in [6.07, 6.45) is 1.41. The van der Waals surface area contributed by atoms with Gasteiger partial charge in [0.15, 0.2) is 0 Å². The highest BCUT2D eigenvalue weighted by Crippen LogP contribution is 2.19. The summed E-state index contributed by atoms with van der Waals surface area (Å²) in [5, 5.41) is 12.0. The molecule has 0 fully saturated rings. The number of aryl methyl sites for hydroxylation is 2. The van der Waals surface area contributed by atoms with Crippen molar-refractivity contribution in [1.29, 1.82) is 0 Å². The Morgan fingerprint density at radius 1 is 1.19 bits per heavy atom. The molecule has 1 amide bonds. The van der Waals surface area contributed by atoms with Crippen molar-refractivity contribution in [2.24, 2.45) is 0 Å². The fourth-order valence-corrected chi connectivity index (χ4v) is 2.17. The minimum Gasteiger partial charge on any atom is -0.478 e. The Labute approximate surface area is 126 Å². The minimum atomic E-state index is -1.00. The van der Waals surface area contributed by atoms with Crippen LogP contribution in [0, 0.1) is 13.8 Å². The van der Waals surface area contributed by atoms with E-state index in [0.717, 1.165) is 5.69 Å². The van der Waals surface area contributed by atoms with E-state index in [-0.39, 0.29) is 11.1 Å². The standard InChI is InChI=1S/C15H13ClN2O3/c1-8-5-10(3-4-11(8)15(20)21)18-14(19)12-7-17-9(2)6-13(12)16/h3-7H,1-2H3,(H,18,19)(H,20,21). The number of hydrogen-bond donors (Lipinski definition) is 2. The number of aromatic carboxylic acids is 1. The maximum Gasteiger partial charge on any atom is 0.335 e. The van der Waals surface area contributed by atoms with E-state index >= 15 is 0 Å². The molecule has 0 unspecified atom stereocenters. The first-order valence-corrected chi connectivity index (χ1v) is 6.53. The number of amides is 1. The number of carboxylic acid groups (broad SMARTS) is 1. The van der Waals surface area contributed by atoms with E-state index in [1.54, 1.807) is 26.0 Å². The van der Waals surface area contributed by atoms with E-state index in [4.69, 9.17) is 16.7 Å². The van der Waals surface area contributed by atoms with Gasteiger partial charge in [-0.25, -0.2) is 4.79 Å². The first-order valence-electron chi connectivity index (χ1n) is 6.16. The number of nitrogens with zero attached hydrogens (tertiary/aromatic N) is 1. The normalized spacial score (nSPS) is 10.2. The van der Waals surface area contributed by atoms with E-state index in [0.29, 0.717) is 16.3 Å². The van der Waals surface area contributed by atoms with Crippen LogP contribution in [-0.2, 0) is 0 Å². The molecule has 1 heterocycles. The fourth-order valence-electron chi connectivity index (χ4n) is 1.87. The van der Waals surface area contributed by atoms with Gasteiger partial charge in [-0.1, -0.05) is 11.6 Å². The van der Waals surface area contributed by atoms with Crippen molar-refractivity contribution < 1.29 is 14.7 Å². The molecule has 0 atom stereocenters. The number of carbonyl (C=O) groups excluding carboxylic acids is 1. The third-order valence-corrected chi connectivity index (χ3v) is 3.26. The second-order valence-corrected chi connectivity index (χ2v) is 5.00. The van der Waals surface area contributed by atoms with Gasteiger partial charge >= 0.3 is 5.97 Å². The van der Waals surface area contributed by atoms with Crippen molar-refractivity contribution in [2.75, 3.05) is 5.32 Å². The van der Waals surface area contributed by atoms with Crippen LogP contribution in [0.15, 0.2) is 30.5 Å². The van der Waals surface area contributed by atoms with Gasteiger partial charge in [-0.2, -0.15) is 0 Å². The molecule has 0 aliphatic heterocycles. The van der Waals surface area contributed by atoms with Gasteiger partial charge in [0.2, 0.25) is 0 Å². The first-order chi connectivity index (χ1) is 9.88. The summed E-state index contributed by atoms with van der Waals surface area (Å²) in [6, 6.07) is 6.18. The molecule has 108 valence electrons. The number of anilines is 1. The molecule has 0 aliphatic carbocycles. The quantitative estimate of drug-likeness (QED) is 0.912. The van der Waals surface area contributed by atoms with E-state index in [1.165, 1.54) is 18.3 Å². The first kappa shape index (κ1) is 15.0. The van der Waals surface area contributed by atoms with Gasteiger partial charge in [-0.15, -0.1) is 0 Å². The number of carbonyl (C=O) groups is 2. The molecule has 5 nitrogen and oxygen atoms in total. The van der Waals surface area contributed by atoms with Gasteiger partial charge < -0.3 is 10.4 Å². The summed E-state index contributed by atoms with van der Waals surface area (Å²) in [4.78, 5) is 27.1. The number of benzene rings is 1. The van der Waals surface area contributed by atoms with E-state index in [9.17, 15) is 9.59 Å². The summed E-state index contributed by atoms with van der Waals surface area (Å²) >= 11 is 6.01. The van der Waals surface area contributed by atoms with Crippen LogP contribution in [0.3, 0.4) is 0 Å². The van der Waals surface area contributed by atoms with Crippen molar-refractivity contribution in [3.05, 3.63) is 57.9 Å². The maximum atomic E-state index is 12.1. The lowest BCUT2D eigenvalue weighted by Gasteiger charge is -2.09. The van der Waals surface area contributed by atoms with Crippen LogP contribution in [0.25, 0.3) is 0 Å². The number of aromatic nitrogens is 1. The second kappa shape index (κ2) is 5.93. The lowest BCUT2D eigenvalue weighted by atomic mass is 10.1. The zero-order valence-electron chi connectivity index (χ0n) is 11.5. The highest BCUT2D eigenvalue weighted by Gasteiger charge is 2.13. The van der Waals surface area contributed by atoms with Crippen molar-refractivity contribution in [1.82, 2.24) is 4.98 Å². The van der Waals surface area contributed by atoms with Crippen molar-refractivity contribution in [3.8, 4) is 0 Å². The molecule has 0 bridgehead atoms. The molecule has 2 N–H and O–H groups in total. The number of carboxylic acids is 1. The Hall–Kier alpha value is -2.40. The molecule has 1 aromatic carbocycles. The predicted molar refractivity (Wildman–Crippen MR) is 80.1 cm³/mol. The smallest absolute Gasteiger partial charge is 0.335 e. The Kier molecular flexibility index (Phi) is 4.23. The average Bonchev–Trinajstić information content (AvgIpc) is 2.37. The molecular weight excluding hydrogens is 292 g/mol. The van der Waals surface area contributed by atoms with Crippen LogP contribution in [-0.4, -0.2) is 22.0 Å². The fraction of sp³-hybridized carbons (Fsp3) is 0.133. The van der Waals surface area contributed by atoms with Crippen LogP contribution in [0.1, 0.15) is 32.0 Å². The Bertz CT molecular complexity index is 729. The molecular formula is C15H13ClN2O3. The predicted octanol–water partition coefficient (Wildman–Crippen LogP) is 3.30. The molecule has 0 radical (unpaired) electrons. The molecule has 1 aromatic heterocycles. The third-order valence-electron chi connectivity index (χ3n) is 2.95. The Morgan fingerprint density at radius 3 is 2.48 bits per heavy atom. The van der Waals surface area contributed by atoms with Gasteiger partial charge in [0.05, 0.1) is 16.1 Å². The van der Waals surface area contributed by atoms with E-state index in [1.807, 2.05) is 0 Å². The van der Waals surface area contributed by atoms with Gasteiger partial charge in [-0.05, 0) is 43.7 Å². The monoisotopic (exact) mass is 304 g/mol. The summed E-state index contributed by atoms with van der Waals surface area (Å²) in [5.74, 6) is -1.40. The molecule has 0 aliphatic rings. The van der Waals surface area contributed by atoms with Gasteiger partial charge in [-0.3, -0.25) is 9.78 Å². The molecule has 21 heavy (non-hydrogen) atoms. The molecule has 2 aromatic rings. The van der Waals surface area contributed by atoms with Crippen LogP contribution in [0.2, 0.25) is 5.02 Å². The van der Waals surface area contributed by atoms with Crippen LogP contribution >= 0.6 is 11.6 Å². The number of rotatable bonds is 3. The summed E-state index contributed by atoms with van der Waals surface area (Å²) in [5.41, 5.74) is 2.25. The minimum absolute atomic E-state index is 0.197. The van der Waals surface area contributed by atoms with Gasteiger partial charge in [0, 0.05) is 17.6 Å². The van der Waals surface area contributed by atoms with E-state index in [2.05, 4.69) is 10.3 Å². The number of hydrogen-bond acceptors (Lipinski definition) is 3. The second-order valence-electron chi connectivity index (χ2n) is 4.59. The summed E-state index contributed by atoms with van der Waals surface area (Å²) < 4.78 is 0. The zero-order chi connectivity index (χ0) is 15.6. The number of nitrogens with one attached hydrogen (secondary N) is 1. The SMILES string of the molecule is Cc1cc(Cl)c(C(=O)Nc2ccc(C(=O)O)c(C)c2)cn1. The van der Waals surface area contributed by atoms with Crippen molar-refractivity contribution in [3.63, 3.8) is 0 Å². The summed E-state index contributed by atoms with van der Waals surface area (Å²) in [7, 11) is 0. The van der Waals surface area contributed by atoms with Crippen LogP contribution in [0.5, 0.6) is 0 Å². The highest BCUT2D eigenvalue weighted by atomic mass is 35.5. The molecule has 0 saturated heterocycles. The maximum absolute atomic E-state index is 12.1. The molecule has 2 rings (SSSR count). The number of halogens is 1. The zero-order valence-corrected chi connectivity index (χ0v) is 12.2. The summed E-state index contributed by atoms with van der Waals surface area (Å²) in [6.45, 7) is 3.45. The topological polar surface area (TPSA) is 79.3 Å². The Morgan fingerprint density at radius 2 is 1.90 bits per heavy atom. The third kappa shape index (κ3) is 3.38. The average molecular weight is 305 g/mol. The highest BCUT2D eigenvalue weighted by molar-refractivity contribution is 6.34. The largest absolute Gasteiger partial charge is 0.478 e. The Balaban J connectivity index is 2.23. The molecule has 6 heteroatoms. The van der Waals surface area contributed by atoms with Crippen molar-refractivity contribution in [2.45, 2.75) is 13.8 Å². The van der Waals surface area contributed by atoms with Gasteiger partial charge in [0.1, 0.15) is 0 Å². The molecule has 0 saturated carbocycles. The van der Waals surface area contributed by atoms with E-state index < -0.39 is 11.9 Å². The van der Waals surface area contributed by atoms with Gasteiger partial charge in [0.25, 0.3) is 5.91 Å². The van der Waals surface area contributed by atoms with Crippen molar-refractivity contribution >= 4 is 29.2 Å².